The minimum Gasteiger partial charge on any atom is -0.497 e. The van der Waals surface area contributed by atoms with E-state index in [0.717, 1.165) is 19.4 Å². The maximum absolute atomic E-state index is 12.4. The first-order valence-corrected chi connectivity index (χ1v) is 7.49. The number of benzene rings is 1. The first kappa shape index (κ1) is 19.3. The van der Waals surface area contributed by atoms with Crippen molar-refractivity contribution in [1.29, 1.82) is 0 Å². The van der Waals surface area contributed by atoms with Crippen molar-refractivity contribution in [1.82, 2.24) is 10.6 Å². The quantitative estimate of drug-likeness (QED) is 0.780. The van der Waals surface area contributed by atoms with Gasteiger partial charge in [-0.2, -0.15) is 0 Å². The Balaban J connectivity index is 0.00000264. The number of amides is 2. The number of carbonyl (C=O) groups excluding carboxylic acids is 2. The standard InChI is InChI=1S/C16H23N3O3.ClH/c1-10-8-11(6-7-18-10)15(20)19-14-5-4-12(22-3)9-13(14)16(21)17-2;/h4-5,9-11,18H,6-8H2,1-3H3,(H,17,21)(H,19,20);1H/t10-,11-;/m0./s1. The molecule has 2 amide bonds. The second kappa shape index (κ2) is 8.74. The van der Waals surface area contributed by atoms with Gasteiger partial charge in [-0.1, -0.05) is 0 Å². The molecule has 1 aliphatic heterocycles. The number of hydrogen-bond donors (Lipinski definition) is 3. The molecule has 6 nitrogen and oxygen atoms in total. The van der Waals surface area contributed by atoms with Gasteiger partial charge in [0.05, 0.1) is 18.4 Å². The van der Waals surface area contributed by atoms with Crippen LogP contribution in [0.3, 0.4) is 0 Å². The van der Waals surface area contributed by atoms with Crippen molar-refractivity contribution in [2.24, 2.45) is 5.92 Å². The molecule has 1 fully saturated rings. The van der Waals surface area contributed by atoms with Crippen LogP contribution in [0.5, 0.6) is 5.75 Å². The summed E-state index contributed by atoms with van der Waals surface area (Å²) in [6, 6.07) is 5.39. The van der Waals surface area contributed by atoms with Crippen LogP contribution in [0.1, 0.15) is 30.1 Å². The van der Waals surface area contributed by atoms with E-state index in [0.29, 0.717) is 23.0 Å². The fourth-order valence-electron chi connectivity index (χ4n) is 2.69. The van der Waals surface area contributed by atoms with Gasteiger partial charge in [0.15, 0.2) is 0 Å². The molecule has 1 aromatic carbocycles. The van der Waals surface area contributed by atoms with E-state index in [-0.39, 0.29) is 30.1 Å². The number of halogens is 1. The molecule has 0 aromatic heterocycles. The summed E-state index contributed by atoms with van der Waals surface area (Å²) in [5, 5.41) is 8.79. The lowest BCUT2D eigenvalue weighted by Crippen LogP contribution is -2.40. The van der Waals surface area contributed by atoms with Crippen molar-refractivity contribution >= 4 is 29.9 Å². The zero-order valence-corrected chi connectivity index (χ0v) is 14.5. The predicted molar refractivity (Wildman–Crippen MR) is 92.5 cm³/mol. The Morgan fingerprint density at radius 2 is 2.09 bits per heavy atom. The summed E-state index contributed by atoms with van der Waals surface area (Å²) in [5.41, 5.74) is 0.911. The first-order chi connectivity index (χ1) is 10.5. The zero-order chi connectivity index (χ0) is 16.1. The molecule has 1 heterocycles. The number of methoxy groups -OCH3 is 1. The van der Waals surface area contributed by atoms with Crippen LogP contribution < -0.4 is 20.7 Å². The summed E-state index contributed by atoms with van der Waals surface area (Å²) < 4.78 is 5.14. The van der Waals surface area contributed by atoms with Crippen LogP contribution in [-0.2, 0) is 4.79 Å². The number of nitrogens with one attached hydrogen (secondary N) is 3. The second-order valence-electron chi connectivity index (χ2n) is 5.56. The summed E-state index contributed by atoms with van der Waals surface area (Å²) in [5.74, 6) is 0.250. The molecule has 0 saturated carbocycles. The van der Waals surface area contributed by atoms with Gasteiger partial charge >= 0.3 is 0 Å². The van der Waals surface area contributed by atoms with Crippen molar-refractivity contribution in [3.05, 3.63) is 23.8 Å². The van der Waals surface area contributed by atoms with Gasteiger partial charge in [0.25, 0.3) is 5.91 Å². The van der Waals surface area contributed by atoms with E-state index < -0.39 is 0 Å². The summed E-state index contributed by atoms with van der Waals surface area (Å²) >= 11 is 0. The highest BCUT2D eigenvalue weighted by Gasteiger charge is 2.25. The van der Waals surface area contributed by atoms with Gasteiger partial charge in [-0.25, -0.2) is 0 Å². The van der Waals surface area contributed by atoms with Crippen LogP contribution >= 0.6 is 12.4 Å². The van der Waals surface area contributed by atoms with Crippen molar-refractivity contribution in [3.63, 3.8) is 0 Å². The summed E-state index contributed by atoms with van der Waals surface area (Å²) in [4.78, 5) is 24.4. The minimum absolute atomic E-state index is 0. The lowest BCUT2D eigenvalue weighted by atomic mass is 9.92. The molecule has 3 N–H and O–H groups in total. The van der Waals surface area contributed by atoms with Crippen LogP contribution in [0.4, 0.5) is 5.69 Å². The molecule has 2 rings (SSSR count). The lowest BCUT2D eigenvalue weighted by molar-refractivity contribution is -0.120. The highest BCUT2D eigenvalue weighted by molar-refractivity contribution is 6.04. The molecular formula is C16H24ClN3O3. The zero-order valence-electron chi connectivity index (χ0n) is 13.6. The van der Waals surface area contributed by atoms with Gasteiger partial charge in [0.1, 0.15) is 5.75 Å². The molecule has 7 heteroatoms. The fraction of sp³-hybridized carbons (Fsp3) is 0.500. The molecule has 0 unspecified atom stereocenters. The summed E-state index contributed by atoms with van der Waals surface area (Å²) in [6.07, 6.45) is 1.61. The molecule has 1 saturated heterocycles. The molecule has 0 aliphatic carbocycles. The normalized spacial score (nSPS) is 20.1. The maximum Gasteiger partial charge on any atom is 0.253 e. The van der Waals surface area contributed by atoms with Crippen LogP contribution in [0.2, 0.25) is 0 Å². The smallest absolute Gasteiger partial charge is 0.253 e. The third-order valence-electron chi connectivity index (χ3n) is 3.95. The van der Waals surface area contributed by atoms with Gasteiger partial charge in [-0.3, -0.25) is 9.59 Å². The van der Waals surface area contributed by atoms with Crippen molar-refractivity contribution < 1.29 is 14.3 Å². The van der Waals surface area contributed by atoms with Gasteiger partial charge in [0.2, 0.25) is 5.91 Å². The van der Waals surface area contributed by atoms with E-state index in [1.807, 2.05) is 0 Å². The summed E-state index contributed by atoms with van der Waals surface area (Å²) in [7, 11) is 3.10. The Bertz CT molecular complexity index is 566. The van der Waals surface area contributed by atoms with E-state index in [1.165, 1.54) is 7.11 Å². The second-order valence-corrected chi connectivity index (χ2v) is 5.56. The van der Waals surface area contributed by atoms with E-state index >= 15 is 0 Å². The molecule has 1 aromatic rings. The van der Waals surface area contributed by atoms with Gasteiger partial charge in [0, 0.05) is 19.0 Å². The Morgan fingerprint density at radius 1 is 1.35 bits per heavy atom. The number of ether oxygens (including phenoxy) is 1. The summed E-state index contributed by atoms with van der Waals surface area (Å²) in [6.45, 7) is 2.91. The van der Waals surface area contributed by atoms with Crippen LogP contribution in [-0.4, -0.2) is 38.6 Å². The predicted octanol–water partition coefficient (Wildman–Crippen LogP) is 1.80. The third kappa shape index (κ3) is 4.84. The molecule has 23 heavy (non-hydrogen) atoms. The molecule has 0 radical (unpaired) electrons. The number of carbonyl (C=O) groups is 2. The Kier molecular flexibility index (Phi) is 7.32. The van der Waals surface area contributed by atoms with E-state index in [9.17, 15) is 9.59 Å². The monoisotopic (exact) mass is 341 g/mol. The number of anilines is 1. The molecule has 128 valence electrons. The molecule has 1 aliphatic rings. The average Bonchev–Trinajstić information content (AvgIpc) is 2.54. The maximum atomic E-state index is 12.4. The van der Waals surface area contributed by atoms with Crippen LogP contribution in [0.25, 0.3) is 0 Å². The fourth-order valence-corrected chi connectivity index (χ4v) is 2.69. The number of rotatable bonds is 4. The minimum atomic E-state index is -0.257. The highest BCUT2D eigenvalue weighted by Crippen LogP contribution is 2.24. The van der Waals surface area contributed by atoms with E-state index in [4.69, 9.17) is 4.74 Å². The van der Waals surface area contributed by atoms with Crippen LogP contribution in [0.15, 0.2) is 18.2 Å². The van der Waals surface area contributed by atoms with Crippen molar-refractivity contribution in [2.75, 3.05) is 26.0 Å². The topological polar surface area (TPSA) is 79.5 Å². The number of piperidine rings is 1. The first-order valence-electron chi connectivity index (χ1n) is 7.49. The van der Waals surface area contributed by atoms with Gasteiger partial charge < -0.3 is 20.7 Å². The average molecular weight is 342 g/mol. The Morgan fingerprint density at radius 3 is 2.70 bits per heavy atom. The highest BCUT2D eigenvalue weighted by atomic mass is 35.5. The number of hydrogen-bond acceptors (Lipinski definition) is 4. The van der Waals surface area contributed by atoms with Gasteiger partial charge in [-0.15, -0.1) is 12.4 Å². The largest absolute Gasteiger partial charge is 0.497 e. The van der Waals surface area contributed by atoms with E-state index in [1.54, 1.807) is 25.2 Å². The SMILES string of the molecule is CNC(=O)c1cc(OC)ccc1NC(=O)[C@H]1CCN[C@@H](C)C1.Cl. The van der Waals surface area contributed by atoms with Crippen molar-refractivity contribution in [2.45, 2.75) is 25.8 Å². The molecule has 0 spiro atoms. The van der Waals surface area contributed by atoms with Crippen LogP contribution in [0, 0.1) is 5.92 Å². The Labute approximate surface area is 142 Å². The molecule has 0 bridgehead atoms. The van der Waals surface area contributed by atoms with Gasteiger partial charge in [-0.05, 0) is 44.5 Å². The lowest BCUT2D eigenvalue weighted by Gasteiger charge is -2.27. The molecule has 2 atom stereocenters. The van der Waals surface area contributed by atoms with Crippen molar-refractivity contribution in [3.8, 4) is 5.75 Å². The third-order valence-corrected chi connectivity index (χ3v) is 3.95. The van der Waals surface area contributed by atoms with E-state index in [2.05, 4.69) is 22.9 Å². The Hall–Kier alpha value is -1.79. The molecular weight excluding hydrogens is 318 g/mol.